The van der Waals surface area contributed by atoms with Crippen LogP contribution in [0.25, 0.3) is 0 Å². The molecule has 0 unspecified atom stereocenters. The van der Waals surface area contributed by atoms with Gasteiger partial charge < -0.3 is 18.9 Å². The maximum Gasteiger partial charge on any atom is 0.354 e. The minimum absolute atomic E-state index is 0.227. The molecule has 0 bridgehead atoms. The number of hydrogen-bond donors (Lipinski definition) is 1. The number of benzene rings is 2. The van der Waals surface area contributed by atoms with Crippen LogP contribution in [-0.4, -0.2) is 25.1 Å². The molecule has 1 N–H and O–H groups in total. The van der Waals surface area contributed by atoms with Gasteiger partial charge in [-0.2, -0.15) is 5.10 Å². The second-order valence-corrected chi connectivity index (χ2v) is 5.17. The van der Waals surface area contributed by atoms with Crippen LogP contribution in [0.15, 0.2) is 47.6 Å². The summed E-state index contributed by atoms with van der Waals surface area (Å²) in [5.74, 6) is 2.25. The fraction of sp³-hybridized carbons (Fsp3) is 0.222. The van der Waals surface area contributed by atoms with Crippen LogP contribution < -0.4 is 19.6 Å². The van der Waals surface area contributed by atoms with E-state index in [-0.39, 0.29) is 12.5 Å². The van der Waals surface area contributed by atoms with Crippen LogP contribution in [-0.2, 0) is 9.53 Å². The number of nitrogens with one attached hydrogen (secondary N) is 1. The molecule has 0 atom stereocenters. The van der Waals surface area contributed by atoms with Crippen LogP contribution >= 0.6 is 0 Å². The number of esters is 1. The molecule has 0 spiro atoms. The lowest BCUT2D eigenvalue weighted by molar-refractivity contribution is -0.135. The summed E-state index contributed by atoms with van der Waals surface area (Å²) in [7, 11) is 0. The molecule has 2 aromatic carbocycles. The molecule has 0 fully saturated rings. The van der Waals surface area contributed by atoms with E-state index in [0.717, 1.165) is 5.69 Å². The average Bonchev–Trinajstić information content (AvgIpc) is 3.09. The van der Waals surface area contributed by atoms with E-state index in [1.54, 1.807) is 50.2 Å². The second-order valence-electron chi connectivity index (χ2n) is 5.17. The summed E-state index contributed by atoms with van der Waals surface area (Å²) in [4.78, 5) is 11.5. The summed E-state index contributed by atoms with van der Waals surface area (Å²) in [5, 5.41) is 3.99. The zero-order valence-electron chi connectivity index (χ0n) is 13.9. The fourth-order valence-electron chi connectivity index (χ4n) is 2.10. The first-order valence-corrected chi connectivity index (χ1v) is 7.80. The number of fused-ring (bicyclic) bond motifs is 1. The van der Waals surface area contributed by atoms with Gasteiger partial charge in [-0.1, -0.05) is 0 Å². The van der Waals surface area contributed by atoms with Crippen molar-refractivity contribution < 1.29 is 23.7 Å². The maximum atomic E-state index is 11.5. The molecule has 130 valence electrons. The molecule has 0 radical (unpaired) electrons. The number of rotatable bonds is 6. The minimum atomic E-state index is -0.447. The lowest BCUT2D eigenvalue weighted by Gasteiger charge is -2.08. The Kier molecular flexibility index (Phi) is 5.03. The number of anilines is 1. The molecule has 1 aliphatic heterocycles. The third kappa shape index (κ3) is 4.20. The Labute approximate surface area is 145 Å². The van der Waals surface area contributed by atoms with Crippen LogP contribution in [0, 0.1) is 0 Å². The van der Waals surface area contributed by atoms with Gasteiger partial charge in [-0.05, 0) is 50.2 Å². The molecule has 0 saturated carbocycles. The molecule has 2 aromatic rings. The molecule has 3 rings (SSSR count). The predicted octanol–water partition coefficient (Wildman–Crippen LogP) is 3.56. The van der Waals surface area contributed by atoms with Gasteiger partial charge in [0.25, 0.3) is 0 Å². The maximum absolute atomic E-state index is 11.5. The molecule has 25 heavy (non-hydrogen) atoms. The van der Waals surface area contributed by atoms with E-state index in [2.05, 4.69) is 10.5 Å². The highest BCUT2D eigenvalue weighted by Crippen LogP contribution is 2.36. The van der Waals surface area contributed by atoms with Crippen molar-refractivity contribution in [3.05, 3.63) is 42.5 Å². The first-order valence-electron chi connectivity index (χ1n) is 7.80. The van der Waals surface area contributed by atoms with Gasteiger partial charge in [0.05, 0.1) is 12.3 Å². The van der Waals surface area contributed by atoms with Gasteiger partial charge in [0.15, 0.2) is 11.5 Å². The van der Waals surface area contributed by atoms with Crippen molar-refractivity contribution in [1.29, 1.82) is 0 Å². The van der Waals surface area contributed by atoms with Gasteiger partial charge in [0.2, 0.25) is 6.79 Å². The highest BCUT2D eigenvalue weighted by atomic mass is 16.7. The van der Waals surface area contributed by atoms with Crippen molar-refractivity contribution in [2.45, 2.75) is 13.8 Å². The summed E-state index contributed by atoms with van der Waals surface area (Å²) in [6.07, 6.45) is 0. The summed E-state index contributed by atoms with van der Waals surface area (Å²) < 4.78 is 21.2. The van der Waals surface area contributed by atoms with E-state index in [0.29, 0.717) is 29.6 Å². The molecule has 0 saturated heterocycles. The quantitative estimate of drug-likeness (QED) is 0.491. The van der Waals surface area contributed by atoms with Crippen LogP contribution in [0.4, 0.5) is 5.69 Å². The van der Waals surface area contributed by atoms with Crippen molar-refractivity contribution in [1.82, 2.24) is 0 Å². The zero-order chi connectivity index (χ0) is 17.6. The lowest BCUT2D eigenvalue weighted by atomic mass is 10.3. The van der Waals surface area contributed by atoms with E-state index < -0.39 is 5.97 Å². The van der Waals surface area contributed by atoms with Crippen LogP contribution in [0.3, 0.4) is 0 Å². The van der Waals surface area contributed by atoms with Gasteiger partial charge in [-0.3, -0.25) is 5.43 Å². The Hall–Kier alpha value is -3.22. The highest BCUT2D eigenvalue weighted by Gasteiger charge is 2.14. The van der Waals surface area contributed by atoms with Gasteiger partial charge >= 0.3 is 5.97 Å². The predicted molar refractivity (Wildman–Crippen MR) is 92.4 cm³/mol. The SMILES string of the molecule is CCOC(=O)C(C)=NNc1ccc(Oc2ccc3c(c2)OCO3)cc1. The van der Waals surface area contributed by atoms with Crippen LogP contribution in [0.5, 0.6) is 23.0 Å². The summed E-state index contributed by atoms with van der Waals surface area (Å²) in [5.41, 5.74) is 3.78. The number of nitrogens with zero attached hydrogens (tertiary/aromatic N) is 1. The lowest BCUT2D eigenvalue weighted by Crippen LogP contribution is -2.15. The molecule has 0 amide bonds. The van der Waals surface area contributed by atoms with E-state index >= 15 is 0 Å². The van der Waals surface area contributed by atoms with E-state index in [9.17, 15) is 4.79 Å². The monoisotopic (exact) mass is 342 g/mol. The Morgan fingerprint density at radius 1 is 1.12 bits per heavy atom. The number of carbonyl (C=O) groups excluding carboxylic acids is 1. The van der Waals surface area contributed by atoms with Gasteiger partial charge in [0, 0.05) is 6.07 Å². The second kappa shape index (κ2) is 7.57. The molecule has 0 aliphatic carbocycles. The van der Waals surface area contributed by atoms with Gasteiger partial charge in [-0.25, -0.2) is 4.79 Å². The summed E-state index contributed by atoms with van der Waals surface area (Å²) in [6.45, 7) is 3.88. The molecular weight excluding hydrogens is 324 g/mol. The smallest absolute Gasteiger partial charge is 0.354 e. The molecule has 1 aliphatic rings. The fourth-order valence-corrected chi connectivity index (χ4v) is 2.10. The Bertz CT molecular complexity index is 787. The van der Waals surface area contributed by atoms with Crippen LogP contribution in [0.2, 0.25) is 0 Å². The van der Waals surface area contributed by atoms with E-state index in [1.807, 2.05) is 6.07 Å². The third-order valence-corrected chi connectivity index (χ3v) is 3.36. The average molecular weight is 342 g/mol. The molecule has 0 aromatic heterocycles. The number of ether oxygens (including phenoxy) is 4. The largest absolute Gasteiger partial charge is 0.461 e. The molecular formula is C18H18N2O5. The van der Waals surface area contributed by atoms with E-state index in [4.69, 9.17) is 18.9 Å². The van der Waals surface area contributed by atoms with Gasteiger partial charge in [0.1, 0.15) is 17.2 Å². The third-order valence-electron chi connectivity index (χ3n) is 3.36. The minimum Gasteiger partial charge on any atom is -0.461 e. The standard InChI is InChI=1S/C18H18N2O5/c1-3-22-18(21)12(2)19-20-13-4-6-14(7-5-13)25-15-8-9-16-17(10-15)24-11-23-16/h4-10,20H,3,11H2,1-2H3. The first-order chi connectivity index (χ1) is 12.2. The number of hydrazone groups is 1. The number of hydrogen-bond acceptors (Lipinski definition) is 7. The van der Waals surface area contributed by atoms with Crippen molar-refractivity contribution in [3.8, 4) is 23.0 Å². The Morgan fingerprint density at radius 2 is 1.84 bits per heavy atom. The summed E-state index contributed by atoms with van der Waals surface area (Å²) in [6, 6.07) is 12.6. The topological polar surface area (TPSA) is 78.4 Å². The molecule has 7 heteroatoms. The normalized spacial score (nSPS) is 12.6. The van der Waals surface area contributed by atoms with Crippen molar-refractivity contribution in [2.75, 3.05) is 18.8 Å². The van der Waals surface area contributed by atoms with Crippen molar-refractivity contribution >= 4 is 17.4 Å². The Balaban J connectivity index is 1.60. The molecule has 7 nitrogen and oxygen atoms in total. The Morgan fingerprint density at radius 3 is 2.60 bits per heavy atom. The zero-order valence-corrected chi connectivity index (χ0v) is 13.9. The summed E-state index contributed by atoms with van der Waals surface area (Å²) >= 11 is 0. The van der Waals surface area contributed by atoms with E-state index in [1.165, 1.54) is 0 Å². The highest BCUT2D eigenvalue weighted by molar-refractivity contribution is 6.35. The van der Waals surface area contributed by atoms with Gasteiger partial charge in [-0.15, -0.1) is 0 Å². The number of carbonyl (C=O) groups is 1. The molecule has 1 heterocycles. The van der Waals surface area contributed by atoms with Crippen molar-refractivity contribution in [3.63, 3.8) is 0 Å². The van der Waals surface area contributed by atoms with Crippen LogP contribution in [0.1, 0.15) is 13.8 Å². The first kappa shape index (κ1) is 16.6. The van der Waals surface area contributed by atoms with Crippen molar-refractivity contribution in [2.24, 2.45) is 5.10 Å².